The predicted molar refractivity (Wildman–Crippen MR) is 69.1 cm³/mol. The summed E-state index contributed by atoms with van der Waals surface area (Å²) in [6.07, 6.45) is -0.347. The first-order valence-corrected chi connectivity index (χ1v) is 6.31. The molecule has 108 valence electrons. The van der Waals surface area contributed by atoms with Crippen molar-refractivity contribution in [1.29, 1.82) is 0 Å². The standard InChI is InChI=1S/C14H15F3N2O/c15-14(16,17)11-4-1-3-10(9-11)6-8-19-13(20)12-5-2-7-18-12/h1-5,9,12,18H,6-8H2,(H,19,20)/t12-/m1/s1. The molecular weight excluding hydrogens is 269 g/mol. The summed E-state index contributed by atoms with van der Waals surface area (Å²) in [6.45, 7) is 0.970. The molecule has 1 aliphatic rings. The third-order valence-corrected chi connectivity index (χ3v) is 3.03. The normalized spacial score (nSPS) is 18.2. The highest BCUT2D eigenvalue weighted by Crippen LogP contribution is 2.29. The van der Waals surface area contributed by atoms with E-state index in [0.717, 1.165) is 12.1 Å². The Balaban J connectivity index is 1.85. The van der Waals surface area contributed by atoms with Crippen LogP contribution in [-0.4, -0.2) is 25.0 Å². The van der Waals surface area contributed by atoms with E-state index in [4.69, 9.17) is 0 Å². The molecule has 2 rings (SSSR count). The van der Waals surface area contributed by atoms with Crippen LogP contribution < -0.4 is 10.6 Å². The monoisotopic (exact) mass is 284 g/mol. The summed E-state index contributed by atoms with van der Waals surface area (Å²) in [5, 5.41) is 5.66. The van der Waals surface area contributed by atoms with Crippen LogP contribution in [0.5, 0.6) is 0 Å². The lowest BCUT2D eigenvalue weighted by Gasteiger charge is -2.11. The molecule has 0 fully saturated rings. The molecule has 20 heavy (non-hydrogen) atoms. The fourth-order valence-electron chi connectivity index (χ4n) is 1.99. The maximum atomic E-state index is 12.5. The minimum absolute atomic E-state index is 0.161. The van der Waals surface area contributed by atoms with Crippen molar-refractivity contribution in [3.63, 3.8) is 0 Å². The summed E-state index contributed by atoms with van der Waals surface area (Å²) in [5.41, 5.74) is -0.114. The first-order valence-electron chi connectivity index (χ1n) is 6.31. The van der Waals surface area contributed by atoms with Crippen LogP contribution in [0.4, 0.5) is 13.2 Å². The summed E-state index contributed by atoms with van der Waals surface area (Å²) in [6, 6.07) is 4.81. The summed E-state index contributed by atoms with van der Waals surface area (Å²) in [5.74, 6) is -0.161. The SMILES string of the molecule is O=C(NCCc1cccc(C(F)(F)F)c1)[C@H]1C=CCN1. The number of alkyl halides is 3. The number of amides is 1. The fraction of sp³-hybridized carbons (Fsp3) is 0.357. The molecule has 2 N–H and O–H groups in total. The van der Waals surface area contributed by atoms with Crippen molar-refractivity contribution in [2.75, 3.05) is 13.1 Å². The molecule has 1 aromatic rings. The van der Waals surface area contributed by atoms with Crippen molar-refractivity contribution in [3.05, 3.63) is 47.5 Å². The molecular formula is C14H15F3N2O. The lowest BCUT2D eigenvalue weighted by atomic mass is 10.1. The van der Waals surface area contributed by atoms with E-state index < -0.39 is 11.7 Å². The Kier molecular flexibility index (Phi) is 4.44. The van der Waals surface area contributed by atoms with Gasteiger partial charge in [-0.3, -0.25) is 10.1 Å². The minimum Gasteiger partial charge on any atom is -0.354 e. The molecule has 0 radical (unpaired) electrons. The second-order valence-electron chi connectivity index (χ2n) is 4.55. The molecule has 1 aromatic carbocycles. The quantitative estimate of drug-likeness (QED) is 0.829. The molecule has 6 heteroatoms. The van der Waals surface area contributed by atoms with Crippen LogP contribution in [0.15, 0.2) is 36.4 Å². The molecule has 1 heterocycles. The smallest absolute Gasteiger partial charge is 0.354 e. The van der Waals surface area contributed by atoms with Gasteiger partial charge in [0.05, 0.1) is 5.56 Å². The van der Waals surface area contributed by atoms with Crippen molar-refractivity contribution in [3.8, 4) is 0 Å². The summed E-state index contributed by atoms with van der Waals surface area (Å²) >= 11 is 0. The number of carbonyl (C=O) groups is 1. The van der Waals surface area contributed by atoms with Crippen LogP contribution in [0.1, 0.15) is 11.1 Å². The Morgan fingerprint density at radius 2 is 2.20 bits per heavy atom. The van der Waals surface area contributed by atoms with Gasteiger partial charge in [0.2, 0.25) is 5.91 Å². The highest BCUT2D eigenvalue weighted by molar-refractivity contribution is 5.84. The third-order valence-electron chi connectivity index (χ3n) is 3.03. The Hall–Kier alpha value is -1.82. The van der Waals surface area contributed by atoms with Crippen LogP contribution in [0.25, 0.3) is 0 Å². The number of hydrogen-bond donors (Lipinski definition) is 2. The maximum absolute atomic E-state index is 12.5. The van der Waals surface area contributed by atoms with Gasteiger partial charge in [0.25, 0.3) is 0 Å². The van der Waals surface area contributed by atoms with Crippen LogP contribution in [0, 0.1) is 0 Å². The van der Waals surface area contributed by atoms with Gasteiger partial charge >= 0.3 is 6.18 Å². The summed E-state index contributed by atoms with van der Waals surface area (Å²) < 4.78 is 37.6. The van der Waals surface area contributed by atoms with Crippen molar-refractivity contribution in [1.82, 2.24) is 10.6 Å². The molecule has 1 aliphatic heterocycles. The first kappa shape index (κ1) is 14.6. The zero-order valence-electron chi connectivity index (χ0n) is 10.7. The Morgan fingerprint density at radius 3 is 2.85 bits per heavy atom. The Morgan fingerprint density at radius 1 is 1.40 bits per heavy atom. The second-order valence-corrected chi connectivity index (χ2v) is 4.55. The number of benzene rings is 1. The van der Waals surface area contributed by atoms with E-state index in [0.29, 0.717) is 25.1 Å². The van der Waals surface area contributed by atoms with Gasteiger partial charge in [-0.2, -0.15) is 13.2 Å². The highest BCUT2D eigenvalue weighted by atomic mass is 19.4. The van der Waals surface area contributed by atoms with Gasteiger partial charge < -0.3 is 5.32 Å². The zero-order chi connectivity index (χ0) is 14.6. The average Bonchev–Trinajstić information content (AvgIpc) is 2.92. The molecule has 1 atom stereocenters. The van der Waals surface area contributed by atoms with E-state index in [9.17, 15) is 18.0 Å². The molecule has 0 saturated heterocycles. The van der Waals surface area contributed by atoms with Crippen LogP contribution in [0.2, 0.25) is 0 Å². The van der Waals surface area contributed by atoms with Gasteiger partial charge in [-0.15, -0.1) is 0 Å². The van der Waals surface area contributed by atoms with Crippen molar-refractivity contribution in [2.45, 2.75) is 18.6 Å². The maximum Gasteiger partial charge on any atom is 0.416 e. The Bertz CT molecular complexity index is 511. The molecule has 0 bridgehead atoms. The molecule has 0 unspecified atom stereocenters. The molecule has 0 aliphatic carbocycles. The van der Waals surface area contributed by atoms with Crippen LogP contribution in [-0.2, 0) is 17.4 Å². The number of halogens is 3. The fourth-order valence-corrected chi connectivity index (χ4v) is 1.99. The van der Waals surface area contributed by atoms with E-state index in [2.05, 4.69) is 10.6 Å². The third kappa shape index (κ3) is 3.84. The molecule has 0 saturated carbocycles. The zero-order valence-corrected chi connectivity index (χ0v) is 10.7. The minimum atomic E-state index is -4.34. The topological polar surface area (TPSA) is 41.1 Å². The van der Waals surface area contributed by atoms with Crippen molar-refractivity contribution in [2.24, 2.45) is 0 Å². The number of nitrogens with one attached hydrogen (secondary N) is 2. The second kappa shape index (κ2) is 6.09. The van der Waals surface area contributed by atoms with Gasteiger partial charge in [-0.1, -0.05) is 30.4 Å². The van der Waals surface area contributed by atoms with Gasteiger partial charge in [-0.05, 0) is 18.1 Å². The summed E-state index contributed by atoms with van der Waals surface area (Å²) in [4.78, 5) is 11.7. The van der Waals surface area contributed by atoms with Crippen molar-refractivity contribution >= 4 is 5.91 Å². The van der Waals surface area contributed by atoms with E-state index in [1.54, 1.807) is 12.1 Å². The van der Waals surface area contributed by atoms with E-state index >= 15 is 0 Å². The van der Waals surface area contributed by atoms with Gasteiger partial charge in [-0.25, -0.2) is 0 Å². The average molecular weight is 284 g/mol. The van der Waals surface area contributed by atoms with Gasteiger partial charge in [0.15, 0.2) is 0 Å². The Labute approximate surface area is 114 Å². The largest absolute Gasteiger partial charge is 0.416 e. The molecule has 3 nitrogen and oxygen atoms in total. The van der Waals surface area contributed by atoms with E-state index in [-0.39, 0.29) is 11.9 Å². The van der Waals surface area contributed by atoms with Gasteiger partial charge in [0.1, 0.15) is 6.04 Å². The van der Waals surface area contributed by atoms with Gasteiger partial charge in [0, 0.05) is 13.1 Å². The molecule has 0 aromatic heterocycles. The molecule has 0 spiro atoms. The van der Waals surface area contributed by atoms with Crippen molar-refractivity contribution < 1.29 is 18.0 Å². The van der Waals surface area contributed by atoms with E-state index in [1.165, 1.54) is 6.07 Å². The summed E-state index contributed by atoms with van der Waals surface area (Å²) in [7, 11) is 0. The van der Waals surface area contributed by atoms with E-state index in [1.807, 2.05) is 6.08 Å². The highest BCUT2D eigenvalue weighted by Gasteiger charge is 2.30. The first-order chi connectivity index (χ1) is 9.47. The van der Waals surface area contributed by atoms with Crippen LogP contribution >= 0.6 is 0 Å². The molecule has 1 amide bonds. The van der Waals surface area contributed by atoms with Crippen LogP contribution in [0.3, 0.4) is 0 Å². The lowest BCUT2D eigenvalue weighted by molar-refractivity contribution is -0.137. The predicted octanol–water partition coefficient (Wildman–Crippen LogP) is 1.89. The number of rotatable bonds is 4. The number of hydrogen-bond acceptors (Lipinski definition) is 2. The number of carbonyl (C=O) groups excluding carboxylic acids is 1. The lowest BCUT2D eigenvalue weighted by Crippen LogP contribution is -2.41.